The van der Waals surface area contributed by atoms with Crippen LogP contribution in [0.1, 0.15) is 24.1 Å². The van der Waals surface area contributed by atoms with Crippen molar-refractivity contribution >= 4 is 10.1 Å². The van der Waals surface area contributed by atoms with E-state index in [9.17, 15) is 8.42 Å². The van der Waals surface area contributed by atoms with Gasteiger partial charge in [0.15, 0.2) is 0 Å². The number of aryl methyl sites for hydroxylation is 1. The third-order valence-corrected chi connectivity index (χ3v) is 4.89. The lowest BCUT2D eigenvalue weighted by molar-refractivity contribution is 0.320. The van der Waals surface area contributed by atoms with Crippen LogP contribution in [0.3, 0.4) is 0 Å². The standard InChI is InChI=1S/C17H21NO3S/c1-13-8-10-17(11-9-13)22(19,20)21-16-7-5-6-15(12-16)14(2)18(3)4/h5-12,14H,1-4H3. The van der Waals surface area contributed by atoms with Gasteiger partial charge in [0.1, 0.15) is 10.6 Å². The Bertz CT molecular complexity index is 737. The van der Waals surface area contributed by atoms with Gasteiger partial charge >= 0.3 is 10.1 Å². The molecule has 0 aliphatic rings. The molecule has 2 rings (SSSR count). The van der Waals surface area contributed by atoms with Gasteiger partial charge in [-0.25, -0.2) is 0 Å². The largest absolute Gasteiger partial charge is 0.379 e. The Morgan fingerprint density at radius 2 is 1.68 bits per heavy atom. The summed E-state index contributed by atoms with van der Waals surface area (Å²) in [6.45, 7) is 3.96. The Morgan fingerprint density at radius 1 is 1.05 bits per heavy atom. The van der Waals surface area contributed by atoms with Gasteiger partial charge in [-0.05, 0) is 57.8 Å². The first-order chi connectivity index (χ1) is 10.3. The molecule has 0 spiro atoms. The molecule has 0 fully saturated rings. The molecule has 0 bridgehead atoms. The van der Waals surface area contributed by atoms with E-state index in [1.165, 1.54) is 0 Å². The van der Waals surface area contributed by atoms with Gasteiger partial charge in [0.05, 0.1) is 0 Å². The molecular formula is C17H21NO3S. The maximum absolute atomic E-state index is 12.3. The molecule has 0 radical (unpaired) electrons. The average molecular weight is 319 g/mol. The Labute approximate surface area is 132 Å². The van der Waals surface area contributed by atoms with Crippen molar-refractivity contribution in [1.29, 1.82) is 0 Å². The van der Waals surface area contributed by atoms with Crippen molar-refractivity contribution in [3.63, 3.8) is 0 Å². The molecule has 0 aliphatic carbocycles. The van der Waals surface area contributed by atoms with E-state index >= 15 is 0 Å². The van der Waals surface area contributed by atoms with Gasteiger partial charge in [-0.15, -0.1) is 0 Å². The Kier molecular flexibility index (Phi) is 4.88. The van der Waals surface area contributed by atoms with Gasteiger partial charge in [-0.2, -0.15) is 8.42 Å². The quantitative estimate of drug-likeness (QED) is 0.793. The van der Waals surface area contributed by atoms with E-state index in [-0.39, 0.29) is 10.9 Å². The molecule has 1 unspecified atom stereocenters. The molecule has 0 heterocycles. The molecule has 2 aromatic rings. The normalized spacial score (nSPS) is 13.1. The van der Waals surface area contributed by atoms with Gasteiger partial charge in [-0.1, -0.05) is 29.8 Å². The lowest BCUT2D eigenvalue weighted by Gasteiger charge is -2.20. The molecule has 2 aromatic carbocycles. The van der Waals surface area contributed by atoms with Crippen molar-refractivity contribution in [3.05, 3.63) is 59.7 Å². The Hall–Kier alpha value is -1.85. The predicted octanol–water partition coefficient (Wildman–Crippen LogP) is 3.39. The van der Waals surface area contributed by atoms with Crippen LogP contribution >= 0.6 is 0 Å². The summed E-state index contributed by atoms with van der Waals surface area (Å²) in [6, 6.07) is 13.9. The smallest absolute Gasteiger partial charge is 0.339 e. The summed E-state index contributed by atoms with van der Waals surface area (Å²) < 4.78 is 29.8. The zero-order valence-corrected chi connectivity index (χ0v) is 14.1. The monoisotopic (exact) mass is 319 g/mol. The summed E-state index contributed by atoms with van der Waals surface area (Å²) in [7, 11) is 0.141. The molecule has 0 N–H and O–H groups in total. The minimum absolute atomic E-state index is 0.157. The van der Waals surface area contributed by atoms with E-state index in [1.54, 1.807) is 42.5 Å². The van der Waals surface area contributed by atoms with E-state index in [0.717, 1.165) is 11.1 Å². The van der Waals surface area contributed by atoms with Crippen molar-refractivity contribution in [1.82, 2.24) is 4.90 Å². The highest BCUT2D eigenvalue weighted by atomic mass is 32.2. The number of nitrogens with zero attached hydrogens (tertiary/aromatic N) is 1. The highest BCUT2D eigenvalue weighted by Crippen LogP contribution is 2.24. The molecule has 4 nitrogen and oxygen atoms in total. The Balaban J connectivity index is 2.26. The molecule has 0 amide bonds. The van der Waals surface area contributed by atoms with Crippen molar-refractivity contribution in [2.45, 2.75) is 24.8 Å². The van der Waals surface area contributed by atoms with Crippen LogP contribution < -0.4 is 4.18 Å². The molecule has 0 saturated carbocycles. The van der Waals surface area contributed by atoms with Crippen LogP contribution in [0.25, 0.3) is 0 Å². The van der Waals surface area contributed by atoms with E-state index in [0.29, 0.717) is 5.75 Å². The first-order valence-electron chi connectivity index (χ1n) is 7.07. The van der Waals surface area contributed by atoms with Crippen LogP contribution in [0.2, 0.25) is 0 Å². The third-order valence-electron chi connectivity index (χ3n) is 3.63. The minimum Gasteiger partial charge on any atom is -0.379 e. The summed E-state index contributed by atoms with van der Waals surface area (Å²) in [5.74, 6) is 0.326. The molecule has 0 aliphatic heterocycles. The van der Waals surface area contributed by atoms with Crippen LogP contribution in [-0.2, 0) is 10.1 Å². The second kappa shape index (κ2) is 6.50. The summed E-state index contributed by atoms with van der Waals surface area (Å²) in [5, 5.41) is 0. The number of hydrogen-bond acceptors (Lipinski definition) is 4. The highest BCUT2D eigenvalue weighted by Gasteiger charge is 2.17. The van der Waals surface area contributed by atoms with Crippen LogP contribution in [0.5, 0.6) is 5.75 Å². The molecule has 118 valence electrons. The molecular weight excluding hydrogens is 298 g/mol. The molecule has 0 saturated heterocycles. The van der Waals surface area contributed by atoms with Crippen LogP contribution in [-0.4, -0.2) is 27.4 Å². The second-order valence-corrected chi connectivity index (χ2v) is 7.11. The molecule has 0 aromatic heterocycles. The second-order valence-electron chi connectivity index (χ2n) is 5.56. The predicted molar refractivity (Wildman–Crippen MR) is 87.5 cm³/mol. The van der Waals surface area contributed by atoms with E-state index < -0.39 is 10.1 Å². The first kappa shape index (κ1) is 16.5. The van der Waals surface area contributed by atoms with Crippen molar-refractivity contribution in [2.75, 3.05) is 14.1 Å². The van der Waals surface area contributed by atoms with Gasteiger partial charge in [0, 0.05) is 6.04 Å². The van der Waals surface area contributed by atoms with Crippen LogP contribution in [0.4, 0.5) is 0 Å². The number of rotatable bonds is 5. The summed E-state index contributed by atoms with van der Waals surface area (Å²) in [5.41, 5.74) is 2.00. The average Bonchev–Trinajstić information content (AvgIpc) is 2.46. The van der Waals surface area contributed by atoms with E-state index in [2.05, 4.69) is 0 Å². The molecule has 5 heteroatoms. The number of benzene rings is 2. The third kappa shape index (κ3) is 3.87. The summed E-state index contributed by atoms with van der Waals surface area (Å²) in [4.78, 5) is 2.21. The van der Waals surface area contributed by atoms with Crippen molar-refractivity contribution < 1.29 is 12.6 Å². The maximum atomic E-state index is 12.3. The lowest BCUT2D eigenvalue weighted by atomic mass is 10.1. The molecule has 1 atom stereocenters. The first-order valence-corrected chi connectivity index (χ1v) is 8.48. The van der Waals surface area contributed by atoms with E-state index in [4.69, 9.17) is 4.18 Å². The van der Waals surface area contributed by atoms with Crippen molar-refractivity contribution in [2.24, 2.45) is 0 Å². The summed E-state index contributed by atoms with van der Waals surface area (Å²) >= 11 is 0. The zero-order chi connectivity index (χ0) is 16.3. The zero-order valence-electron chi connectivity index (χ0n) is 13.3. The number of hydrogen-bond donors (Lipinski definition) is 0. The van der Waals surface area contributed by atoms with Crippen LogP contribution in [0, 0.1) is 6.92 Å². The molecule has 22 heavy (non-hydrogen) atoms. The highest BCUT2D eigenvalue weighted by molar-refractivity contribution is 7.87. The lowest BCUT2D eigenvalue weighted by Crippen LogP contribution is -2.17. The topological polar surface area (TPSA) is 46.6 Å². The van der Waals surface area contributed by atoms with Crippen molar-refractivity contribution in [3.8, 4) is 5.75 Å². The fraction of sp³-hybridized carbons (Fsp3) is 0.294. The fourth-order valence-corrected chi connectivity index (χ4v) is 2.93. The van der Waals surface area contributed by atoms with Gasteiger partial charge < -0.3 is 9.08 Å². The van der Waals surface area contributed by atoms with Gasteiger partial charge in [0.2, 0.25) is 0 Å². The van der Waals surface area contributed by atoms with Gasteiger partial charge in [-0.3, -0.25) is 0 Å². The minimum atomic E-state index is -3.81. The summed E-state index contributed by atoms with van der Waals surface area (Å²) in [6.07, 6.45) is 0. The van der Waals surface area contributed by atoms with Gasteiger partial charge in [0.25, 0.3) is 0 Å². The SMILES string of the molecule is Cc1ccc(S(=O)(=O)Oc2cccc(C(C)N(C)C)c2)cc1. The fourth-order valence-electron chi connectivity index (χ4n) is 2.00. The maximum Gasteiger partial charge on any atom is 0.339 e. The van der Waals surface area contributed by atoms with Crippen LogP contribution in [0.15, 0.2) is 53.4 Å². The van der Waals surface area contributed by atoms with E-state index in [1.807, 2.05) is 38.9 Å². The Morgan fingerprint density at radius 3 is 2.27 bits per heavy atom.